The molecule has 2 rings (SSSR count). The van der Waals surface area contributed by atoms with Crippen LogP contribution in [0.1, 0.15) is 6.92 Å². The van der Waals surface area contributed by atoms with E-state index in [-0.39, 0.29) is 23.1 Å². The molecule has 132 valence electrons. The van der Waals surface area contributed by atoms with Crippen molar-refractivity contribution in [1.29, 1.82) is 0 Å². The normalized spacial score (nSPS) is 17.6. The Balaban J connectivity index is 2.28. The van der Waals surface area contributed by atoms with Gasteiger partial charge in [0, 0.05) is 24.2 Å². The standard InChI is InChI=1S/C14H18ClN3O4S2/c1-9-8-23-14(17-13(20)16-5-6-19)18(9)10-3-4-11(15)12(7-10)24(2,21)22/h3-4,7-8,14,19H,5-6H2,1-2H3,(H2,16,17,20). The number of rotatable bonds is 5. The molecule has 1 aromatic carbocycles. The Morgan fingerprint density at radius 1 is 1.46 bits per heavy atom. The van der Waals surface area contributed by atoms with E-state index >= 15 is 0 Å². The van der Waals surface area contributed by atoms with Crippen molar-refractivity contribution in [2.75, 3.05) is 24.3 Å². The number of allylic oxidation sites excluding steroid dienone is 1. The first kappa shape index (κ1) is 18.9. The van der Waals surface area contributed by atoms with Gasteiger partial charge >= 0.3 is 6.03 Å². The van der Waals surface area contributed by atoms with Crippen LogP contribution < -0.4 is 15.5 Å². The molecule has 1 aliphatic rings. The number of carbonyl (C=O) groups is 1. The number of anilines is 1. The van der Waals surface area contributed by atoms with Gasteiger partial charge in [-0.05, 0) is 30.5 Å². The maximum Gasteiger partial charge on any atom is 0.317 e. The first-order valence-electron chi connectivity index (χ1n) is 7.00. The second-order valence-corrected chi connectivity index (χ2v) is 8.47. The van der Waals surface area contributed by atoms with Crippen molar-refractivity contribution >= 4 is 44.9 Å². The summed E-state index contributed by atoms with van der Waals surface area (Å²) in [5.74, 6) is 0. The van der Waals surface area contributed by atoms with Gasteiger partial charge in [0.05, 0.1) is 16.5 Å². The van der Waals surface area contributed by atoms with Crippen LogP contribution in [-0.4, -0.2) is 44.5 Å². The van der Waals surface area contributed by atoms with E-state index in [1.165, 1.54) is 23.9 Å². The molecule has 0 saturated heterocycles. The topological polar surface area (TPSA) is 98.7 Å². The lowest BCUT2D eigenvalue weighted by Crippen LogP contribution is -2.47. The van der Waals surface area contributed by atoms with Gasteiger partial charge in [-0.1, -0.05) is 23.4 Å². The Hall–Kier alpha value is -1.42. The molecule has 10 heteroatoms. The molecule has 3 N–H and O–H groups in total. The summed E-state index contributed by atoms with van der Waals surface area (Å²) in [6.07, 6.45) is 1.09. The SMILES string of the molecule is CC1=CSC(NC(=O)NCCO)N1c1ccc(Cl)c(S(C)(=O)=O)c1. The van der Waals surface area contributed by atoms with E-state index in [1.807, 2.05) is 12.3 Å². The summed E-state index contributed by atoms with van der Waals surface area (Å²) in [7, 11) is -3.47. The fraction of sp³-hybridized carbons (Fsp3) is 0.357. The van der Waals surface area contributed by atoms with Crippen molar-refractivity contribution in [3.05, 3.63) is 34.3 Å². The van der Waals surface area contributed by atoms with Gasteiger partial charge in [0.15, 0.2) is 15.3 Å². The number of benzene rings is 1. The summed E-state index contributed by atoms with van der Waals surface area (Å²) >= 11 is 7.36. The number of hydrogen-bond acceptors (Lipinski definition) is 6. The fourth-order valence-corrected chi connectivity index (χ4v) is 4.48. The Kier molecular flexibility index (Phi) is 6.02. The molecule has 0 bridgehead atoms. The molecular weight excluding hydrogens is 374 g/mol. The molecule has 0 aliphatic carbocycles. The molecule has 0 aromatic heterocycles. The summed E-state index contributed by atoms with van der Waals surface area (Å²) in [5.41, 5.74) is 1.03. The number of urea groups is 1. The molecule has 1 atom stereocenters. The van der Waals surface area contributed by atoms with Crippen LogP contribution in [-0.2, 0) is 9.84 Å². The number of halogens is 1. The summed E-state index contributed by atoms with van der Waals surface area (Å²) in [4.78, 5) is 13.6. The molecule has 0 spiro atoms. The molecular formula is C14H18ClN3O4S2. The van der Waals surface area contributed by atoms with Crippen LogP contribution >= 0.6 is 23.4 Å². The third-order valence-electron chi connectivity index (χ3n) is 3.23. The minimum atomic E-state index is -3.47. The highest BCUT2D eigenvalue weighted by Crippen LogP contribution is 2.36. The van der Waals surface area contributed by atoms with E-state index in [1.54, 1.807) is 11.0 Å². The number of nitrogens with zero attached hydrogens (tertiary/aromatic N) is 1. The fourth-order valence-electron chi connectivity index (χ4n) is 2.16. The summed E-state index contributed by atoms with van der Waals surface area (Å²) in [6.45, 7) is 1.85. The van der Waals surface area contributed by atoms with Crippen molar-refractivity contribution in [3.63, 3.8) is 0 Å². The zero-order valence-electron chi connectivity index (χ0n) is 13.1. The van der Waals surface area contributed by atoms with Crippen LogP contribution in [0.5, 0.6) is 0 Å². The lowest BCUT2D eigenvalue weighted by molar-refractivity contribution is 0.233. The zero-order chi connectivity index (χ0) is 17.9. The van der Waals surface area contributed by atoms with Gasteiger partial charge in [0.1, 0.15) is 0 Å². The van der Waals surface area contributed by atoms with Gasteiger partial charge in [-0.3, -0.25) is 0 Å². The molecule has 1 unspecified atom stereocenters. The summed E-state index contributed by atoms with van der Waals surface area (Å²) in [5, 5.41) is 16.0. The van der Waals surface area contributed by atoms with Crippen molar-refractivity contribution in [1.82, 2.24) is 10.6 Å². The lowest BCUT2D eigenvalue weighted by Gasteiger charge is -2.28. The number of aliphatic hydroxyl groups excluding tert-OH is 1. The Labute approximate surface area is 150 Å². The quantitative estimate of drug-likeness (QED) is 0.707. The van der Waals surface area contributed by atoms with Crippen LogP contribution in [0.25, 0.3) is 0 Å². The number of nitrogens with one attached hydrogen (secondary N) is 2. The van der Waals surface area contributed by atoms with Crippen LogP contribution in [0.3, 0.4) is 0 Å². The van der Waals surface area contributed by atoms with E-state index in [0.717, 1.165) is 12.0 Å². The molecule has 2 amide bonds. The monoisotopic (exact) mass is 391 g/mol. The predicted octanol–water partition coefficient (Wildman–Crippen LogP) is 1.73. The van der Waals surface area contributed by atoms with Gasteiger partial charge in [0.25, 0.3) is 0 Å². The van der Waals surface area contributed by atoms with Crippen molar-refractivity contribution in [2.24, 2.45) is 0 Å². The summed E-state index contributed by atoms with van der Waals surface area (Å²) in [6, 6.07) is 4.28. The number of amides is 2. The van der Waals surface area contributed by atoms with E-state index < -0.39 is 21.4 Å². The molecule has 7 nitrogen and oxygen atoms in total. The number of aliphatic hydroxyl groups is 1. The predicted molar refractivity (Wildman–Crippen MR) is 95.8 cm³/mol. The highest BCUT2D eigenvalue weighted by molar-refractivity contribution is 8.03. The third kappa shape index (κ3) is 4.35. The van der Waals surface area contributed by atoms with Crippen LogP contribution in [0.2, 0.25) is 5.02 Å². The molecule has 1 aromatic rings. The Morgan fingerprint density at radius 2 is 2.17 bits per heavy atom. The number of carbonyl (C=O) groups excluding carboxylic acids is 1. The van der Waals surface area contributed by atoms with E-state index in [2.05, 4.69) is 10.6 Å². The molecule has 0 radical (unpaired) electrons. The van der Waals surface area contributed by atoms with Crippen LogP contribution in [0, 0.1) is 0 Å². The number of thioether (sulfide) groups is 1. The number of sulfone groups is 1. The van der Waals surface area contributed by atoms with E-state index in [0.29, 0.717) is 5.69 Å². The van der Waals surface area contributed by atoms with Gasteiger partial charge in [-0.2, -0.15) is 0 Å². The Bertz CT molecular complexity index is 767. The van der Waals surface area contributed by atoms with Crippen molar-refractivity contribution < 1.29 is 18.3 Å². The number of hydrogen-bond donors (Lipinski definition) is 3. The molecule has 1 aliphatic heterocycles. The maximum absolute atomic E-state index is 11.9. The van der Waals surface area contributed by atoms with Gasteiger partial charge in [-0.25, -0.2) is 13.2 Å². The minimum Gasteiger partial charge on any atom is -0.395 e. The molecule has 0 fully saturated rings. The van der Waals surface area contributed by atoms with Crippen LogP contribution in [0.15, 0.2) is 34.2 Å². The van der Waals surface area contributed by atoms with Gasteiger partial charge < -0.3 is 20.6 Å². The average molecular weight is 392 g/mol. The molecule has 1 heterocycles. The maximum atomic E-state index is 11.9. The second kappa shape index (κ2) is 7.64. The average Bonchev–Trinajstić information content (AvgIpc) is 2.85. The zero-order valence-corrected chi connectivity index (χ0v) is 15.5. The van der Waals surface area contributed by atoms with E-state index in [4.69, 9.17) is 16.7 Å². The smallest absolute Gasteiger partial charge is 0.317 e. The molecule has 24 heavy (non-hydrogen) atoms. The largest absolute Gasteiger partial charge is 0.395 e. The van der Waals surface area contributed by atoms with Gasteiger partial charge in [0.2, 0.25) is 0 Å². The lowest BCUT2D eigenvalue weighted by atomic mass is 10.3. The first-order valence-corrected chi connectivity index (χ1v) is 10.2. The van der Waals surface area contributed by atoms with E-state index in [9.17, 15) is 13.2 Å². The van der Waals surface area contributed by atoms with Crippen LogP contribution in [0.4, 0.5) is 10.5 Å². The Morgan fingerprint density at radius 3 is 2.79 bits per heavy atom. The summed E-state index contributed by atoms with van der Waals surface area (Å²) < 4.78 is 23.7. The first-order chi connectivity index (χ1) is 11.2. The molecule has 0 saturated carbocycles. The minimum absolute atomic E-state index is 0.0369. The van der Waals surface area contributed by atoms with Crippen molar-refractivity contribution in [2.45, 2.75) is 17.3 Å². The van der Waals surface area contributed by atoms with Crippen molar-refractivity contribution in [3.8, 4) is 0 Å². The highest BCUT2D eigenvalue weighted by atomic mass is 35.5. The third-order valence-corrected chi connectivity index (χ3v) is 5.87. The highest BCUT2D eigenvalue weighted by Gasteiger charge is 2.28. The second-order valence-electron chi connectivity index (χ2n) is 5.13. The van der Waals surface area contributed by atoms with Gasteiger partial charge in [-0.15, -0.1) is 0 Å².